The largest absolute Gasteiger partial charge is 0.384 e. The third kappa shape index (κ3) is 5.36. The minimum atomic E-state index is -0.832. The summed E-state index contributed by atoms with van der Waals surface area (Å²) in [5.74, 6) is -0.196. The van der Waals surface area contributed by atoms with Gasteiger partial charge in [-0.1, -0.05) is 66.2 Å². The molecule has 4 aromatic rings. The van der Waals surface area contributed by atoms with Crippen LogP contribution in [0.4, 0.5) is 0 Å². The summed E-state index contributed by atoms with van der Waals surface area (Å²) in [6.07, 6.45) is 0.954. The third-order valence-corrected chi connectivity index (χ3v) is 5.82. The van der Waals surface area contributed by atoms with E-state index in [9.17, 15) is 9.90 Å². The van der Waals surface area contributed by atoms with Gasteiger partial charge in [0.05, 0.1) is 6.04 Å². The summed E-state index contributed by atoms with van der Waals surface area (Å²) < 4.78 is 0. The van der Waals surface area contributed by atoms with Crippen molar-refractivity contribution in [2.45, 2.75) is 32.9 Å². The van der Waals surface area contributed by atoms with Gasteiger partial charge in [0.2, 0.25) is 0 Å². The highest BCUT2D eigenvalue weighted by molar-refractivity contribution is 5.96. The average molecular weight is 437 g/mol. The highest BCUT2D eigenvalue weighted by Crippen LogP contribution is 2.29. The number of rotatable bonds is 6. The standard InChI is InChI=1S/C29H28N2O2/c1-19-9-12-22(13-10-19)25-15-26(28(32)23-7-5-4-6-8-23)17-27(16-25)29(33)31-21(3)24-14-11-20(2)30-18-24/h4-18,21,28,32H,1-3H3,(H,31,33). The van der Waals surface area contributed by atoms with E-state index in [-0.39, 0.29) is 11.9 Å². The summed E-state index contributed by atoms with van der Waals surface area (Å²) in [6, 6.07) is 26.9. The summed E-state index contributed by atoms with van der Waals surface area (Å²) in [5.41, 5.74) is 6.88. The van der Waals surface area contributed by atoms with Gasteiger partial charge >= 0.3 is 0 Å². The number of pyridine rings is 1. The van der Waals surface area contributed by atoms with Gasteiger partial charge in [0.1, 0.15) is 6.10 Å². The Kier molecular flexibility index (Phi) is 6.66. The van der Waals surface area contributed by atoms with E-state index in [0.717, 1.165) is 33.5 Å². The molecule has 33 heavy (non-hydrogen) atoms. The lowest BCUT2D eigenvalue weighted by molar-refractivity contribution is 0.0939. The molecule has 0 aliphatic carbocycles. The molecule has 1 amide bonds. The molecule has 4 rings (SSSR count). The Balaban J connectivity index is 1.69. The molecule has 1 heterocycles. The number of amides is 1. The van der Waals surface area contributed by atoms with E-state index in [1.807, 2.05) is 99.6 Å². The zero-order valence-electron chi connectivity index (χ0n) is 19.1. The molecule has 2 unspecified atom stereocenters. The molecule has 0 saturated heterocycles. The molecule has 1 aromatic heterocycles. The smallest absolute Gasteiger partial charge is 0.251 e. The van der Waals surface area contributed by atoms with Crippen LogP contribution in [0.1, 0.15) is 57.4 Å². The van der Waals surface area contributed by atoms with Crippen molar-refractivity contribution in [1.82, 2.24) is 10.3 Å². The van der Waals surface area contributed by atoms with Gasteiger partial charge in [0, 0.05) is 17.5 Å². The van der Waals surface area contributed by atoms with Crippen LogP contribution in [-0.4, -0.2) is 16.0 Å². The average Bonchev–Trinajstić information content (AvgIpc) is 2.84. The lowest BCUT2D eigenvalue weighted by atomic mass is 9.94. The fraction of sp³-hybridized carbons (Fsp3) is 0.172. The number of nitrogens with zero attached hydrogens (tertiary/aromatic N) is 1. The number of nitrogens with one attached hydrogen (secondary N) is 1. The Morgan fingerprint density at radius 2 is 1.55 bits per heavy atom. The maximum atomic E-state index is 13.2. The molecule has 0 aliphatic rings. The predicted octanol–water partition coefficient (Wildman–Crippen LogP) is 5.94. The van der Waals surface area contributed by atoms with E-state index in [0.29, 0.717) is 11.1 Å². The molecule has 0 bridgehead atoms. The van der Waals surface area contributed by atoms with Gasteiger partial charge < -0.3 is 10.4 Å². The highest BCUT2D eigenvalue weighted by atomic mass is 16.3. The fourth-order valence-electron chi connectivity index (χ4n) is 3.78. The minimum Gasteiger partial charge on any atom is -0.384 e. The summed E-state index contributed by atoms with van der Waals surface area (Å²) >= 11 is 0. The molecule has 0 radical (unpaired) electrons. The summed E-state index contributed by atoms with van der Waals surface area (Å²) in [4.78, 5) is 17.6. The summed E-state index contributed by atoms with van der Waals surface area (Å²) in [6.45, 7) is 5.91. The van der Waals surface area contributed by atoms with Gasteiger partial charge in [-0.3, -0.25) is 9.78 Å². The van der Waals surface area contributed by atoms with Gasteiger partial charge in [-0.25, -0.2) is 0 Å². The molecule has 4 heteroatoms. The van der Waals surface area contributed by atoms with E-state index in [1.165, 1.54) is 0 Å². The second kappa shape index (κ2) is 9.80. The minimum absolute atomic E-state index is 0.196. The quantitative estimate of drug-likeness (QED) is 0.393. The number of aliphatic hydroxyl groups is 1. The van der Waals surface area contributed by atoms with Gasteiger partial charge in [-0.2, -0.15) is 0 Å². The van der Waals surface area contributed by atoms with Crippen molar-refractivity contribution in [2.24, 2.45) is 0 Å². The molecular weight excluding hydrogens is 408 g/mol. The molecule has 3 aromatic carbocycles. The fourth-order valence-corrected chi connectivity index (χ4v) is 3.78. The summed E-state index contributed by atoms with van der Waals surface area (Å²) in [7, 11) is 0. The lowest BCUT2D eigenvalue weighted by Crippen LogP contribution is -2.27. The molecule has 0 saturated carbocycles. The van der Waals surface area contributed by atoms with Crippen molar-refractivity contribution in [3.63, 3.8) is 0 Å². The van der Waals surface area contributed by atoms with Crippen LogP contribution in [0.15, 0.2) is 91.1 Å². The van der Waals surface area contributed by atoms with Gasteiger partial charge in [-0.15, -0.1) is 0 Å². The van der Waals surface area contributed by atoms with Crippen LogP contribution in [-0.2, 0) is 0 Å². The second-order valence-electron chi connectivity index (χ2n) is 8.45. The molecule has 4 nitrogen and oxygen atoms in total. The SMILES string of the molecule is Cc1ccc(-c2cc(C(=O)NC(C)c3ccc(C)nc3)cc(C(O)c3ccccc3)c2)cc1. The number of carbonyl (C=O) groups is 1. The first kappa shape index (κ1) is 22.4. The third-order valence-electron chi connectivity index (χ3n) is 5.82. The maximum absolute atomic E-state index is 13.2. The molecular formula is C29H28N2O2. The number of hydrogen-bond acceptors (Lipinski definition) is 3. The number of hydrogen-bond donors (Lipinski definition) is 2. The van der Waals surface area contributed by atoms with Crippen molar-refractivity contribution in [1.29, 1.82) is 0 Å². The number of benzene rings is 3. The Bertz CT molecular complexity index is 1230. The van der Waals surface area contributed by atoms with Crippen LogP contribution in [0.25, 0.3) is 11.1 Å². The van der Waals surface area contributed by atoms with Crippen LogP contribution in [0, 0.1) is 13.8 Å². The van der Waals surface area contributed by atoms with Crippen LogP contribution in [0.2, 0.25) is 0 Å². The zero-order valence-corrected chi connectivity index (χ0v) is 19.1. The van der Waals surface area contributed by atoms with E-state index < -0.39 is 6.10 Å². The van der Waals surface area contributed by atoms with Crippen LogP contribution < -0.4 is 5.32 Å². The van der Waals surface area contributed by atoms with Crippen molar-refractivity contribution in [3.05, 3.63) is 125 Å². The maximum Gasteiger partial charge on any atom is 0.251 e. The number of carbonyl (C=O) groups excluding carboxylic acids is 1. The number of aliphatic hydroxyl groups excluding tert-OH is 1. The van der Waals surface area contributed by atoms with E-state index >= 15 is 0 Å². The molecule has 0 aliphatic heterocycles. The topological polar surface area (TPSA) is 62.2 Å². The van der Waals surface area contributed by atoms with Gasteiger partial charge in [0.25, 0.3) is 5.91 Å². The van der Waals surface area contributed by atoms with Crippen molar-refractivity contribution in [2.75, 3.05) is 0 Å². The molecule has 2 atom stereocenters. The highest BCUT2D eigenvalue weighted by Gasteiger charge is 2.18. The van der Waals surface area contributed by atoms with Crippen LogP contribution in [0.3, 0.4) is 0 Å². The lowest BCUT2D eigenvalue weighted by Gasteiger charge is -2.18. The van der Waals surface area contributed by atoms with Gasteiger partial charge in [-0.05, 0) is 72.9 Å². The monoisotopic (exact) mass is 436 g/mol. The molecule has 2 N–H and O–H groups in total. The Hall–Kier alpha value is -3.76. The Morgan fingerprint density at radius 3 is 2.21 bits per heavy atom. The molecule has 166 valence electrons. The second-order valence-corrected chi connectivity index (χ2v) is 8.45. The molecule has 0 spiro atoms. The van der Waals surface area contributed by atoms with Crippen molar-refractivity contribution in [3.8, 4) is 11.1 Å². The predicted molar refractivity (Wildman–Crippen MR) is 132 cm³/mol. The first-order valence-electron chi connectivity index (χ1n) is 11.1. The van der Waals surface area contributed by atoms with Crippen molar-refractivity contribution < 1.29 is 9.90 Å². The van der Waals surface area contributed by atoms with Crippen molar-refractivity contribution >= 4 is 5.91 Å². The first-order valence-corrected chi connectivity index (χ1v) is 11.1. The van der Waals surface area contributed by atoms with Crippen LogP contribution in [0.5, 0.6) is 0 Å². The Labute approximate surface area is 195 Å². The number of aryl methyl sites for hydroxylation is 2. The summed E-state index contributed by atoms with van der Waals surface area (Å²) in [5, 5.41) is 14.1. The number of aromatic nitrogens is 1. The van der Waals surface area contributed by atoms with E-state index in [4.69, 9.17) is 0 Å². The van der Waals surface area contributed by atoms with Crippen LogP contribution >= 0.6 is 0 Å². The van der Waals surface area contributed by atoms with Gasteiger partial charge in [0.15, 0.2) is 0 Å². The van der Waals surface area contributed by atoms with E-state index in [2.05, 4.69) is 10.3 Å². The molecule has 0 fully saturated rings. The van der Waals surface area contributed by atoms with E-state index in [1.54, 1.807) is 12.3 Å². The first-order chi connectivity index (χ1) is 15.9. The Morgan fingerprint density at radius 1 is 0.818 bits per heavy atom. The normalized spacial score (nSPS) is 12.7. The zero-order chi connectivity index (χ0) is 23.4.